The molecule has 0 spiro atoms. The number of nitrogens with one attached hydrogen (secondary N) is 3. The molecule has 0 aliphatic rings. The molecule has 0 aliphatic heterocycles. The van der Waals surface area contributed by atoms with E-state index in [-0.39, 0.29) is 0 Å². The van der Waals surface area contributed by atoms with Gasteiger partial charge in [-0.15, -0.1) is 0 Å². The second-order valence-corrected chi connectivity index (χ2v) is 4.02. The van der Waals surface area contributed by atoms with Crippen molar-refractivity contribution in [3.05, 3.63) is 30.0 Å². The van der Waals surface area contributed by atoms with Crippen molar-refractivity contribution >= 4 is 33.9 Å². The Bertz CT molecular complexity index is 590. The lowest BCUT2D eigenvalue weighted by Gasteiger charge is -2.04. The molecule has 0 fully saturated rings. The maximum atomic E-state index is 12.5. The number of fused-ring (bicyclic) bond motifs is 1. The van der Waals surface area contributed by atoms with Crippen LogP contribution in [0.4, 0.5) is 18.9 Å². The Morgan fingerprint density at radius 2 is 2.00 bits per heavy atom. The van der Waals surface area contributed by atoms with E-state index >= 15 is 0 Å². The first-order valence-electron chi connectivity index (χ1n) is 4.94. The number of hydrogen-bond donors (Lipinski definition) is 4. The van der Waals surface area contributed by atoms with Crippen molar-refractivity contribution in [1.82, 2.24) is 10.4 Å². The van der Waals surface area contributed by atoms with Crippen LogP contribution < -0.4 is 16.6 Å². The summed E-state index contributed by atoms with van der Waals surface area (Å²) in [4.78, 5) is 2.32. The Hall–Kier alpha value is -1.80. The minimum Gasteiger partial charge on any atom is -0.351 e. The quantitative estimate of drug-likeness (QED) is 0.472. The molecule has 8 heteroatoms. The van der Waals surface area contributed by atoms with Gasteiger partial charge in [0.1, 0.15) is 5.69 Å². The predicted octanol–water partition coefficient (Wildman–Crippen LogP) is 1.63. The lowest BCUT2D eigenvalue weighted by atomic mass is 10.2. The van der Waals surface area contributed by atoms with Gasteiger partial charge in [0.25, 0.3) is 0 Å². The summed E-state index contributed by atoms with van der Waals surface area (Å²) in [5.41, 5.74) is 2.71. The molecule has 1 aromatic carbocycles. The molecule has 0 aliphatic carbocycles. The highest BCUT2D eigenvalue weighted by Gasteiger charge is 2.32. The van der Waals surface area contributed by atoms with Gasteiger partial charge in [0.15, 0.2) is 0 Å². The molecule has 0 amide bonds. The number of hydrogen-bond acceptors (Lipinski definition) is 1. The molecule has 0 unspecified atom stereocenters. The Labute approximate surface area is 105 Å². The molecule has 0 radical (unpaired) electrons. The summed E-state index contributed by atoms with van der Waals surface area (Å²) in [7, 11) is 0. The standard InChI is InChI=1S/C10H9F3N4S/c11-10(12,13)8-4-5-3-6(15-9(18)17-14)1-2-7(5)16-8/h1-4,16H,14H2,(H2,15,17,18)/p+1. The molecular weight excluding hydrogens is 265 g/mol. The topological polar surface area (TPSA) is 67.5 Å². The van der Waals surface area contributed by atoms with Gasteiger partial charge in [-0.1, -0.05) is 0 Å². The molecule has 0 bridgehead atoms. The molecule has 6 N–H and O–H groups in total. The van der Waals surface area contributed by atoms with E-state index in [1.54, 1.807) is 18.2 Å². The number of H-pyrrole nitrogens is 1. The number of thiocarbonyl (C=S) groups is 1. The van der Waals surface area contributed by atoms with Crippen LogP contribution in [0, 0.1) is 0 Å². The predicted molar refractivity (Wildman–Crippen MR) is 65.5 cm³/mol. The van der Waals surface area contributed by atoms with Gasteiger partial charge in [-0.3, -0.25) is 5.84 Å². The Kier molecular flexibility index (Phi) is 3.14. The number of rotatable bonds is 1. The third-order valence-electron chi connectivity index (χ3n) is 2.34. The van der Waals surface area contributed by atoms with E-state index in [1.807, 2.05) is 0 Å². The van der Waals surface area contributed by atoms with E-state index in [0.717, 1.165) is 6.07 Å². The molecule has 0 saturated heterocycles. The highest BCUT2D eigenvalue weighted by Crippen LogP contribution is 2.31. The van der Waals surface area contributed by atoms with Gasteiger partial charge >= 0.3 is 6.18 Å². The second-order valence-electron chi connectivity index (χ2n) is 3.61. The summed E-state index contributed by atoms with van der Waals surface area (Å²) < 4.78 is 37.5. The van der Waals surface area contributed by atoms with Crippen molar-refractivity contribution < 1.29 is 19.0 Å². The lowest BCUT2D eigenvalue weighted by Crippen LogP contribution is -2.68. The van der Waals surface area contributed by atoms with Gasteiger partial charge in [-0.2, -0.15) is 13.2 Å². The minimum absolute atomic E-state index is 0.293. The van der Waals surface area contributed by atoms with E-state index < -0.39 is 11.9 Å². The van der Waals surface area contributed by atoms with Crippen LogP contribution >= 0.6 is 12.2 Å². The Balaban J connectivity index is 2.37. The van der Waals surface area contributed by atoms with Crippen LogP contribution in [0.2, 0.25) is 0 Å². The van der Waals surface area contributed by atoms with Crippen molar-refractivity contribution in [1.29, 1.82) is 0 Å². The normalized spacial score (nSPS) is 11.6. The van der Waals surface area contributed by atoms with E-state index in [1.165, 1.54) is 0 Å². The Morgan fingerprint density at radius 1 is 1.28 bits per heavy atom. The first-order valence-corrected chi connectivity index (χ1v) is 5.35. The fourth-order valence-electron chi connectivity index (χ4n) is 1.54. The molecule has 18 heavy (non-hydrogen) atoms. The number of benzene rings is 1. The van der Waals surface area contributed by atoms with Crippen molar-refractivity contribution in [3.63, 3.8) is 0 Å². The summed E-state index contributed by atoms with van der Waals surface area (Å²) in [5, 5.41) is 3.54. The zero-order valence-corrected chi connectivity index (χ0v) is 9.88. The molecule has 1 aromatic heterocycles. The number of aromatic amines is 1. The molecule has 0 saturated carbocycles. The highest BCUT2D eigenvalue weighted by atomic mass is 32.1. The van der Waals surface area contributed by atoms with Gasteiger partial charge in [0.05, 0.1) is 0 Å². The number of alkyl halides is 3. The number of anilines is 1. The smallest absolute Gasteiger partial charge is 0.351 e. The van der Waals surface area contributed by atoms with Crippen LogP contribution in [0.15, 0.2) is 24.3 Å². The average molecular weight is 275 g/mol. The zero-order chi connectivity index (χ0) is 13.3. The van der Waals surface area contributed by atoms with Crippen LogP contribution in [-0.2, 0) is 6.18 Å². The summed E-state index contributed by atoms with van der Waals surface area (Å²) in [6.07, 6.45) is -4.38. The molecule has 4 nitrogen and oxygen atoms in total. The number of halogens is 3. The largest absolute Gasteiger partial charge is 0.431 e. The number of aromatic nitrogens is 1. The summed E-state index contributed by atoms with van der Waals surface area (Å²) >= 11 is 4.85. The van der Waals surface area contributed by atoms with E-state index in [4.69, 9.17) is 12.2 Å². The van der Waals surface area contributed by atoms with Crippen LogP contribution in [0.1, 0.15) is 5.69 Å². The zero-order valence-electron chi connectivity index (χ0n) is 9.06. The molecule has 96 valence electrons. The van der Waals surface area contributed by atoms with Crippen molar-refractivity contribution in [2.45, 2.75) is 6.18 Å². The van der Waals surface area contributed by atoms with Gasteiger partial charge in [-0.25, -0.2) is 5.43 Å². The van der Waals surface area contributed by atoms with Crippen LogP contribution in [-0.4, -0.2) is 10.1 Å². The molecule has 0 atom stereocenters. The van der Waals surface area contributed by atoms with Crippen LogP contribution in [0.3, 0.4) is 0 Å². The van der Waals surface area contributed by atoms with Crippen LogP contribution in [0.25, 0.3) is 10.9 Å². The van der Waals surface area contributed by atoms with Gasteiger partial charge in [0, 0.05) is 16.6 Å². The van der Waals surface area contributed by atoms with Crippen molar-refractivity contribution in [2.75, 3.05) is 5.32 Å². The summed E-state index contributed by atoms with van der Waals surface area (Å²) in [6, 6.07) is 5.81. The van der Waals surface area contributed by atoms with Gasteiger partial charge in [-0.05, 0) is 36.5 Å². The third kappa shape index (κ3) is 2.54. The molecular formula is C10H10F3N4S+. The van der Waals surface area contributed by atoms with E-state index in [2.05, 4.69) is 21.6 Å². The van der Waals surface area contributed by atoms with Gasteiger partial charge < -0.3 is 10.3 Å². The molecule has 1 heterocycles. The Morgan fingerprint density at radius 3 is 2.61 bits per heavy atom. The summed E-state index contributed by atoms with van der Waals surface area (Å²) in [5.74, 6) is 3.37. The minimum atomic E-state index is -4.38. The molecule has 2 aromatic rings. The maximum absolute atomic E-state index is 12.5. The van der Waals surface area contributed by atoms with Gasteiger partial charge in [0.2, 0.25) is 5.11 Å². The number of quaternary nitrogens is 1. The fourth-order valence-corrected chi connectivity index (χ4v) is 1.66. The first kappa shape index (κ1) is 12.7. The average Bonchev–Trinajstić information content (AvgIpc) is 2.71. The molecule has 2 rings (SSSR count). The second kappa shape index (κ2) is 4.46. The third-order valence-corrected chi connectivity index (χ3v) is 2.59. The monoisotopic (exact) mass is 275 g/mol. The maximum Gasteiger partial charge on any atom is 0.431 e. The fraction of sp³-hybridized carbons (Fsp3) is 0.100. The SMILES string of the molecule is [NH3+]NC(=S)Nc1ccc2[nH]c(C(F)(F)F)cc2c1. The highest BCUT2D eigenvalue weighted by molar-refractivity contribution is 7.80. The van der Waals surface area contributed by atoms with Crippen LogP contribution in [0.5, 0.6) is 0 Å². The van der Waals surface area contributed by atoms with E-state index in [9.17, 15) is 13.2 Å². The first-order chi connectivity index (χ1) is 8.40. The lowest BCUT2D eigenvalue weighted by molar-refractivity contribution is -0.418. The summed E-state index contributed by atoms with van der Waals surface area (Å²) in [6.45, 7) is 0. The van der Waals surface area contributed by atoms with E-state index in [0.29, 0.717) is 21.7 Å². The van der Waals surface area contributed by atoms with Crippen molar-refractivity contribution in [2.24, 2.45) is 0 Å². The van der Waals surface area contributed by atoms with Crippen molar-refractivity contribution in [3.8, 4) is 0 Å².